The summed E-state index contributed by atoms with van der Waals surface area (Å²) in [6, 6.07) is 25.0. The lowest BCUT2D eigenvalue weighted by Gasteiger charge is -2.20. The molecule has 198 valence electrons. The Morgan fingerprint density at radius 2 is 1.72 bits per heavy atom. The predicted molar refractivity (Wildman–Crippen MR) is 148 cm³/mol. The Morgan fingerprint density at radius 3 is 2.44 bits per heavy atom. The van der Waals surface area contributed by atoms with Crippen LogP contribution >= 0.6 is 0 Å². The number of carboxylic acid groups (broad SMARTS) is 1. The molecule has 3 aromatic carbocycles. The molecule has 1 aromatic heterocycles. The second kappa shape index (κ2) is 12.3. The number of carbonyl (C=O) groups is 1. The molecule has 0 bridgehead atoms. The topological polar surface area (TPSA) is 108 Å². The molecule has 9 heteroatoms. The maximum absolute atomic E-state index is 13.9. The van der Waals surface area contributed by atoms with E-state index in [-0.39, 0.29) is 29.5 Å². The molecule has 1 atom stereocenters. The van der Waals surface area contributed by atoms with Gasteiger partial charge in [-0.05, 0) is 66.1 Å². The molecule has 1 unspecified atom stereocenters. The van der Waals surface area contributed by atoms with Crippen molar-refractivity contribution in [3.05, 3.63) is 114 Å². The molecular weight excluding hydrogens is 517 g/mol. The fraction of sp³-hybridized carbons (Fsp3) is 0.133. The molecule has 39 heavy (non-hydrogen) atoms. The van der Waals surface area contributed by atoms with Gasteiger partial charge in [-0.15, -0.1) is 5.92 Å². The van der Waals surface area contributed by atoms with Crippen molar-refractivity contribution in [1.82, 2.24) is 10.3 Å². The van der Waals surface area contributed by atoms with Crippen LogP contribution in [0.2, 0.25) is 0 Å². The average Bonchev–Trinajstić information content (AvgIpc) is 2.93. The van der Waals surface area contributed by atoms with Gasteiger partial charge in [-0.25, -0.2) is 17.8 Å². The predicted octanol–water partition coefficient (Wildman–Crippen LogP) is 5.02. The van der Waals surface area contributed by atoms with Gasteiger partial charge < -0.3 is 10.4 Å². The molecule has 0 saturated carbocycles. The van der Waals surface area contributed by atoms with Crippen LogP contribution in [-0.4, -0.2) is 31.0 Å². The minimum atomic E-state index is -4.13. The van der Waals surface area contributed by atoms with Gasteiger partial charge in [-0.3, -0.25) is 10.1 Å². The highest BCUT2D eigenvalue weighted by Crippen LogP contribution is 2.28. The molecule has 0 spiro atoms. The molecule has 0 aliphatic rings. The van der Waals surface area contributed by atoms with E-state index in [2.05, 4.69) is 27.5 Å². The number of sulfone groups is 1. The van der Waals surface area contributed by atoms with Crippen LogP contribution in [0.1, 0.15) is 29.1 Å². The third-order valence-electron chi connectivity index (χ3n) is 5.81. The zero-order valence-corrected chi connectivity index (χ0v) is 21.9. The summed E-state index contributed by atoms with van der Waals surface area (Å²) >= 11 is 0. The van der Waals surface area contributed by atoms with Gasteiger partial charge in [0.1, 0.15) is 18.2 Å². The van der Waals surface area contributed by atoms with Crippen LogP contribution < -0.4 is 10.6 Å². The molecule has 0 amide bonds. The number of hydrogen-bond donors (Lipinski definition) is 3. The molecule has 0 fully saturated rings. The van der Waals surface area contributed by atoms with Crippen LogP contribution in [0.25, 0.3) is 11.1 Å². The van der Waals surface area contributed by atoms with Crippen molar-refractivity contribution >= 4 is 21.6 Å². The SMILES string of the molecule is CC#Cc1cccc(-c2ccc(CNC(c3cccc(NCC(=O)O)n3)S(=O)(=O)c3cccc(F)c3)cc2)c1. The lowest BCUT2D eigenvalue weighted by Crippen LogP contribution is -2.30. The molecular formula is C30H26FN3O4S. The van der Waals surface area contributed by atoms with Crippen molar-refractivity contribution in [3.8, 4) is 23.0 Å². The lowest BCUT2D eigenvalue weighted by molar-refractivity contribution is -0.134. The van der Waals surface area contributed by atoms with E-state index in [1.54, 1.807) is 13.0 Å². The van der Waals surface area contributed by atoms with E-state index in [4.69, 9.17) is 5.11 Å². The smallest absolute Gasteiger partial charge is 0.322 e. The van der Waals surface area contributed by atoms with Gasteiger partial charge in [0.05, 0.1) is 10.6 Å². The number of pyridine rings is 1. The minimum Gasteiger partial charge on any atom is -0.480 e. The second-order valence-electron chi connectivity index (χ2n) is 8.61. The first-order valence-electron chi connectivity index (χ1n) is 12.0. The van der Waals surface area contributed by atoms with E-state index in [0.29, 0.717) is 0 Å². The number of nitrogens with zero attached hydrogens (tertiary/aromatic N) is 1. The van der Waals surface area contributed by atoms with Gasteiger partial charge in [0.2, 0.25) is 0 Å². The highest BCUT2D eigenvalue weighted by Gasteiger charge is 2.30. The Balaban J connectivity index is 1.61. The summed E-state index contributed by atoms with van der Waals surface area (Å²) in [5.74, 6) is 4.38. The first kappa shape index (κ1) is 27.5. The Bertz CT molecular complexity index is 1640. The highest BCUT2D eigenvalue weighted by atomic mass is 32.2. The van der Waals surface area contributed by atoms with E-state index in [1.165, 1.54) is 30.3 Å². The van der Waals surface area contributed by atoms with Crippen molar-refractivity contribution in [2.24, 2.45) is 0 Å². The maximum Gasteiger partial charge on any atom is 0.322 e. The summed E-state index contributed by atoms with van der Waals surface area (Å²) in [7, 11) is -4.13. The molecule has 0 saturated heterocycles. The van der Waals surface area contributed by atoms with E-state index >= 15 is 0 Å². The average molecular weight is 544 g/mol. The van der Waals surface area contributed by atoms with E-state index in [9.17, 15) is 17.6 Å². The van der Waals surface area contributed by atoms with Crippen molar-refractivity contribution in [3.63, 3.8) is 0 Å². The fourth-order valence-corrected chi connectivity index (χ4v) is 5.53. The Hall–Kier alpha value is -4.52. The number of hydrogen-bond acceptors (Lipinski definition) is 6. The first-order chi connectivity index (χ1) is 18.8. The molecule has 3 N–H and O–H groups in total. The van der Waals surface area contributed by atoms with E-state index < -0.39 is 27.0 Å². The number of rotatable bonds is 10. The molecule has 1 heterocycles. The number of aliphatic carboxylic acids is 1. The van der Waals surface area contributed by atoms with Gasteiger partial charge in [-0.2, -0.15) is 0 Å². The van der Waals surface area contributed by atoms with Gasteiger partial charge in [0.15, 0.2) is 15.2 Å². The van der Waals surface area contributed by atoms with Crippen LogP contribution in [0.4, 0.5) is 10.2 Å². The Morgan fingerprint density at radius 1 is 0.974 bits per heavy atom. The van der Waals surface area contributed by atoms with Crippen LogP contribution in [0.15, 0.2) is 95.9 Å². The summed E-state index contributed by atoms with van der Waals surface area (Å²) in [4.78, 5) is 15.1. The van der Waals surface area contributed by atoms with Gasteiger partial charge in [0, 0.05) is 12.1 Å². The second-order valence-corrected chi connectivity index (χ2v) is 10.6. The van der Waals surface area contributed by atoms with Crippen LogP contribution in [-0.2, 0) is 21.2 Å². The minimum absolute atomic E-state index is 0.139. The largest absolute Gasteiger partial charge is 0.480 e. The summed E-state index contributed by atoms with van der Waals surface area (Å²) in [5, 5.41) is 13.3. The highest BCUT2D eigenvalue weighted by molar-refractivity contribution is 7.91. The summed E-state index contributed by atoms with van der Waals surface area (Å²) < 4.78 is 41.2. The van der Waals surface area contributed by atoms with Crippen molar-refractivity contribution in [1.29, 1.82) is 0 Å². The summed E-state index contributed by atoms with van der Waals surface area (Å²) in [6.07, 6.45) is 0. The fourth-order valence-electron chi connectivity index (χ4n) is 3.96. The zero-order chi connectivity index (χ0) is 27.8. The third-order valence-corrected chi connectivity index (χ3v) is 7.75. The number of anilines is 1. The van der Waals surface area contributed by atoms with Crippen LogP contribution in [0.5, 0.6) is 0 Å². The van der Waals surface area contributed by atoms with Crippen molar-refractivity contribution < 1.29 is 22.7 Å². The van der Waals surface area contributed by atoms with Gasteiger partial charge in [0.25, 0.3) is 0 Å². The standard InChI is InChI=1S/C30H26FN3O4S/c1-2-6-21-7-3-8-24(17-21)23-15-13-22(14-16-23)19-33-30(39(37,38)26-10-4-9-25(31)18-26)27-11-5-12-28(34-27)32-20-29(35)36/h3-5,7-18,30,33H,19-20H2,1H3,(H,32,34)(H,35,36). The van der Waals surface area contributed by atoms with Crippen LogP contribution in [0, 0.1) is 17.7 Å². The summed E-state index contributed by atoms with van der Waals surface area (Å²) in [6.45, 7) is 1.58. The van der Waals surface area contributed by atoms with E-state index in [1.807, 2.05) is 48.5 Å². The first-order valence-corrected chi connectivity index (χ1v) is 13.6. The Kier molecular flexibility index (Phi) is 8.71. The zero-order valence-electron chi connectivity index (χ0n) is 21.1. The Labute approximate surface area is 226 Å². The number of carboxylic acids is 1. The molecule has 4 aromatic rings. The number of benzene rings is 3. The van der Waals surface area contributed by atoms with Crippen molar-refractivity contribution in [2.75, 3.05) is 11.9 Å². The molecule has 4 rings (SSSR count). The van der Waals surface area contributed by atoms with Gasteiger partial charge >= 0.3 is 5.97 Å². The summed E-state index contributed by atoms with van der Waals surface area (Å²) in [5.41, 5.74) is 3.87. The lowest BCUT2D eigenvalue weighted by atomic mass is 10.0. The monoisotopic (exact) mass is 543 g/mol. The molecule has 0 aliphatic carbocycles. The maximum atomic E-state index is 13.9. The molecule has 0 aliphatic heterocycles. The number of halogens is 1. The van der Waals surface area contributed by atoms with Crippen molar-refractivity contribution in [2.45, 2.75) is 23.7 Å². The van der Waals surface area contributed by atoms with E-state index in [0.717, 1.165) is 28.3 Å². The number of nitrogens with one attached hydrogen (secondary N) is 2. The molecule has 7 nitrogen and oxygen atoms in total. The number of aromatic nitrogens is 1. The normalized spacial score (nSPS) is 11.7. The molecule has 0 radical (unpaired) electrons. The third kappa shape index (κ3) is 7.08. The van der Waals surface area contributed by atoms with Crippen LogP contribution in [0.3, 0.4) is 0 Å². The quantitative estimate of drug-likeness (QED) is 0.241. The van der Waals surface area contributed by atoms with Gasteiger partial charge in [-0.1, -0.05) is 54.5 Å².